The Labute approximate surface area is 116 Å². The fourth-order valence-corrected chi connectivity index (χ4v) is 1.69. The van der Waals surface area contributed by atoms with Crippen molar-refractivity contribution in [2.24, 2.45) is 0 Å². The zero-order valence-electron chi connectivity index (χ0n) is 11.6. The van der Waals surface area contributed by atoms with Gasteiger partial charge in [-0.25, -0.2) is 0 Å². The molecular formula is C14H19F3N2O. The molecule has 1 aromatic rings. The SMILES string of the molecule is CCCCNC(=O)CNc1ccc(C)c(C(F)(F)F)c1. The van der Waals surface area contributed by atoms with E-state index in [0.717, 1.165) is 18.9 Å². The maximum absolute atomic E-state index is 12.7. The van der Waals surface area contributed by atoms with Crippen molar-refractivity contribution in [3.05, 3.63) is 29.3 Å². The Morgan fingerprint density at radius 3 is 2.60 bits per heavy atom. The van der Waals surface area contributed by atoms with Gasteiger partial charge in [-0.1, -0.05) is 19.4 Å². The lowest BCUT2D eigenvalue weighted by Crippen LogP contribution is -2.30. The van der Waals surface area contributed by atoms with E-state index >= 15 is 0 Å². The van der Waals surface area contributed by atoms with Gasteiger partial charge in [-0.05, 0) is 31.0 Å². The summed E-state index contributed by atoms with van der Waals surface area (Å²) in [7, 11) is 0. The van der Waals surface area contributed by atoms with Gasteiger partial charge in [-0.2, -0.15) is 13.2 Å². The molecule has 3 nitrogen and oxygen atoms in total. The summed E-state index contributed by atoms with van der Waals surface area (Å²) in [4.78, 5) is 11.4. The van der Waals surface area contributed by atoms with Crippen molar-refractivity contribution in [3.63, 3.8) is 0 Å². The normalized spacial score (nSPS) is 11.2. The van der Waals surface area contributed by atoms with E-state index in [2.05, 4.69) is 10.6 Å². The molecule has 20 heavy (non-hydrogen) atoms. The maximum Gasteiger partial charge on any atom is 0.416 e. The van der Waals surface area contributed by atoms with Crippen LogP contribution in [0.2, 0.25) is 0 Å². The Balaban J connectivity index is 2.59. The van der Waals surface area contributed by atoms with Gasteiger partial charge in [-0.3, -0.25) is 4.79 Å². The fourth-order valence-electron chi connectivity index (χ4n) is 1.69. The Hall–Kier alpha value is -1.72. The van der Waals surface area contributed by atoms with Crippen LogP contribution in [-0.2, 0) is 11.0 Å². The Kier molecular flexibility index (Phi) is 5.85. The highest BCUT2D eigenvalue weighted by atomic mass is 19.4. The van der Waals surface area contributed by atoms with E-state index in [1.54, 1.807) is 0 Å². The van der Waals surface area contributed by atoms with Crippen LogP contribution in [0, 0.1) is 6.92 Å². The largest absolute Gasteiger partial charge is 0.416 e. The number of carbonyl (C=O) groups is 1. The summed E-state index contributed by atoms with van der Waals surface area (Å²) in [5.41, 5.74) is -0.238. The number of alkyl halides is 3. The molecule has 0 saturated heterocycles. The van der Waals surface area contributed by atoms with Crippen molar-refractivity contribution < 1.29 is 18.0 Å². The first-order valence-corrected chi connectivity index (χ1v) is 6.53. The molecular weight excluding hydrogens is 269 g/mol. The van der Waals surface area contributed by atoms with Gasteiger partial charge in [0, 0.05) is 12.2 Å². The number of benzene rings is 1. The molecule has 0 aromatic heterocycles. The molecule has 1 rings (SSSR count). The zero-order chi connectivity index (χ0) is 15.2. The van der Waals surface area contributed by atoms with Gasteiger partial charge in [0.1, 0.15) is 0 Å². The number of unbranched alkanes of at least 4 members (excludes halogenated alkanes) is 1. The summed E-state index contributed by atoms with van der Waals surface area (Å²) in [5, 5.41) is 5.39. The summed E-state index contributed by atoms with van der Waals surface area (Å²) in [6, 6.07) is 3.94. The maximum atomic E-state index is 12.7. The Morgan fingerprint density at radius 1 is 1.30 bits per heavy atom. The summed E-state index contributed by atoms with van der Waals surface area (Å²) in [6.07, 6.45) is -2.53. The number of carbonyl (C=O) groups excluding carboxylic acids is 1. The summed E-state index contributed by atoms with van der Waals surface area (Å²) >= 11 is 0. The molecule has 2 N–H and O–H groups in total. The van der Waals surface area contributed by atoms with E-state index in [9.17, 15) is 18.0 Å². The minimum Gasteiger partial charge on any atom is -0.376 e. The van der Waals surface area contributed by atoms with Gasteiger partial charge in [0.05, 0.1) is 12.1 Å². The zero-order valence-corrected chi connectivity index (χ0v) is 11.6. The Morgan fingerprint density at radius 2 is 2.00 bits per heavy atom. The quantitative estimate of drug-likeness (QED) is 0.788. The number of hydrogen-bond acceptors (Lipinski definition) is 2. The first-order chi connectivity index (χ1) is 9.34. The van der Waals surface area contributed by atoms with Crippen LogP contribution in [-0.4, -0.2) is 19.0 Å². The third kappa shape index (κ3) is 5.11. The number of hydrogen-bond donors (Lipinski definition) is 2. The predicted octanol–water partition coefficient (Wildman–Crippen LogP) is 3.34. The Bertz CT molecular complexity index is 458. The molecule has 6 heteroatoms. The van der Waals surface area contributed by atoms with Gasteiger partial charge in [0.15, 0.2) is 0 Å². The van der Waals surface area contributed by atoms with Gasteiger partial charge >= 0.3 is 6.18 Å². The topological polar surface area (TPSA) is 41.1 Å². The number of rotatable bonds is 6. The van der Waals surface area contributed by atoms with Crippen LogP contribution in [0.5, 0.6) is 0 Å². The van der Waals surface area contributed by atoms with E-state index in [4.69, 9.17) is 0 Å². The molecule has 0 radical (unpaired) electrons. The van der Waals surface area contributed by atoms with Crippen LogP contribution in [0.15, 0.2) is 18.2 Å². The lowest BCUT2D eigenvalue weighted by molar-refractivity contribution is -0.138. The predicted molar refractivity (Wildman–Crippen MR) is 72.6 cm³/mol. The minimum absolute atomic E-state index is 0.0376. The fraction of sp³-hybridized carbons (Fsp3) is 0.500. The smallest absolute Gasteiger partial charge is 0.376 e. The molecule has 0 fully saturated rings. The van der Waals surface area contributed by atoms with Crippen LogP contribution in [0.3, 0.4) is 0 Å². The summed E-state index contributed by atoms with van der Waals surface area (Å²) < 4.78 is 38.2. The summed E-state index contributed by atoms with van der Waals surface area (Å²) in [6.45, 7) is 3.96. The first-order valence-electron chi connectivity index (χ1n) is 6.53. The highest BCUT2D eigenvalue weighted by Gasteiger charge is 2.32. The van der Waals surface area contributed by atoms with Crippen molar-refractivity contribution in [3.8, 4) is 0 Å². The molecule has 0 aliphatic rings. The van der Waals surface area contributed by atoms with E-state index in [0.29, 0.717) is 6.54 Å². The lowest BCUT2D eigenvalue weighted by Gasteiger charge is -2.13. The molecule has 1 aromatic carbocycles. The molecule has 1 amide bonds. The van der Waals surface area contributed by atoms with Crippen molar-refractivity contribution in [2.75, 3.05) is 18.4 Å². The number of halogens is 3. The second kappa shape index (κ2) is 7.17. The second-order valence-corrected chi connectivity index (χ2v) is 4.58. The van der Waals surface area contributed by atoms with Crippen LogP contribution < -0.4 is 10.6 Å². The second-order valence-electron chi connectivity index (χ2n) is 4.58. The molecule has 0 saturated carbocycles. The average molecular weight is 288 g/mol. The average Bonchev–Trinajstić information content (AvgIpc) is 2.36. The highest BCUT2D eigenvalue weighted by molar-refractivity contribution is 5.80. The molecule has 0 aliphatic carbocycles. The van der Waals surface area contributed by atoms with Crippen molar-refractivity contribution in [1.29, 1.82) is 0 Å². The number of aryl methyl sites for hydroxylation is 1. The van der Waals surface area contributed by atoms with Crippen LogP contribution in [0.1, 0.15) is 30.9 Å². The van der Waals surface area contributed by atoms with Gasteiger partial charge in [0.2, 0.25) is 5.91 Å². The molecule has 0 atom stereocenters. The van der Waals surface area contributed by atoms with E-state index in [-0.39, 0.29) is 23.7 Å². The third-order valence-electron chi connectivity index (χ3n) is 2.85. The highest BCUT2D eigenvalue weighted by Crippen LogP contribution is 2.33. The van der Waals surface area contributed by atoms with E-state index in [1.807, 2.05) is 6.92 Å². The van der Waals surface area contributed by atoms with E-state index in [1.165, 1.54) is 19.1 Å². The van der Waals surface area contributed by atoms with Crippen LogP contribution in [0.25, 0.3) is 0 Å². The van der Waals surface area contributed by atoms with Crippen LogP contribution >= 0.6 is 0 Å². The number of amides is 1. The molecule has 0 spiro atoms. The number of nitrogens with one attached hydrogen (secondary N) is 2. The third-order valence-corrected chi connectivity index (χ3v) is 2.85. The van der Waals surface area contributed by atoms with Gasteiger partial charge < -0.3 is 10.6 Å². The molecule has 0 unspecified atom stereocenters. The molecule has 0 aliphatic heterocycles. The van der Waals surface area contributed by atoms with E-state index < -0.39 is 11.7 Å². The summed E-state index contributed by atoms with van der Waals surface area (Å²) in [5.74, 6) is -0.229. The molecule has 0 heterocycles. The standard InChI is InChI=1S/C14H19F3N2O/c1-3-4-7-18-13(20)9-19-11-6-5-10(2)12(8-11)14(15,16)17/h5-6,8,19H,3-4,7,9H2,1-2H3,(H,18,20). The minimum atomic E-state index is -4.38. The van der Waals surface area contributed by atoms with Crippen LogP contribution in [0.4, 0.5) is 18.9 Å². The van der Waals surface area contributed by atoms with Gasteiger partial charge in [-0.15, -0.1) is 0 Å². The molecule has 112 valence electrons. The monoisotopic (exact) mass is 288 g/mol. The first kappa shape index (κ1) is 16.3. The number of anilines is 1. The van der Waals surface area contributed by atoms with Crippen molar-refractivity contribution in [2.45, 2.75) is 32.9 Å². The van der Waals surface area contributed by atoms with Gasteiger partial charge in [0.25, 0.3) is 0 Å². The van der Waals surface area contributed by atoms with Crippen molar-refractivity contribution in [1.82, 2.24) is 5.32 Å². The van der Waals surface area contributed by atoms with Crippen molar-refractivity contribution >= 4 is 11.6 Å². The lowest BCUT2D eigenvalue weighted by atomic mass is 10.1. The molecule has 0 bridgehead atoms.